The standard InChI is InChI=1S/C17H35N3O/c1-17(18,15-21)8-2-3-9-19-12-6-16(7-13-19)14-20-10-4-5-11-20/h16,21H,2-15,18H2,1H3. The smallest absolute Gasteiger partial charge is 0.0608 e. The van der Waals surface area contributed by atoms with Gasteiger partial charge in [-0.3, -0.25) is 0 Å². The molecule has 21 heavy (non-hydrogen) atoms. The molecule has 0 aromatic carbocycles. The Labute approximate surface area is 130 Å². The number of unbranched alkanes of at least 4 members (excludes halogenated alkanes) is 1. The third-order valence-corrected chi connectivity index (χ3v) is 5.26. The Kier molecular flexibility index (Phi) is 6.93. The van der Waals surface area contributed by atoms with Crippen LogP contribution >= 0.6 is 0 Å². The zero-order chi connectivity index (χ0) is 15.1. The van der Waals surface area contributed by atoms with Gasteiger partial charge in [-0.1, -0.05) is 6.42 Å². The molecule has 2 saturated heterocycles. The Morgan fingerprint density at radius 1 is 1.05 bits per heavy atom. The van der Waals surface area contributed by atoms with Crippen LogP contribution in [0.4, 0.5) is 0 Å². The van der Waals surface area contributed by atoms with Gasteiger partial charge in [0.25, 0.3) is 0 Å². The van der Waals surface area contributed by atoms with Crippen LogP contribution in [0.2, 0.25) is 0 Å². The van der Waals surface area contributed by atoms with Crippen LogP contribution in [0.25, 0.3) is 0 Å². The van der Waals surface area contributed by atoms with E-state index in [2.05, 4.69) is 9.80 Å². The molecule has 2 heterocycles. The van der Waals surface area contributed by atoms with E-state index in [-0.39, 0.29) is 12.1 Å². The van der Waals surface area contributed by atoms with E-state index in [1.54, 1.807) is 0 Å². The topological polar surface area (TPSA) is 52.7 Å². The molecule has 4 heteroatoms. The van der Waals surface area contributed by atoms with Gasteiger partial charge in [0.05, 0.1) is 6.61 Å². The van der Waals surface area contributed by atoms with Crippen molar-refractivity contribution in [1.29, 1.82) is 0 Å². The first kappa shape index (κ1) is 17.2. The van der Waals surface area contributed by atoms with Crippen molar-refractivity contribution in [3.63, 3.8) is 0 Å². The highest BCUT2D eigenvalue weighted by atomic mass is 16.3. The van der Waals surface area contributed by atoms with E-state index in [1.807, 2.05) is 6.92 Å². The molecule has 0 bridgehead atoms. The minimum Gasteiger partial charge on any atom is -0.394 e. The SMILES string of the molecule is CC(N)(CO)CCCCN1CCC(CN2CCCC2)CC1. The number of nitrogens with two attached hydrogens (primary N) is 1. The van der Waals surface area contributed by atoms with E-state index in [9.17, 15) is 0 Å². The average molecular weight is 297 g/mol. The fourth-order valence-corrected chi connectivity index (χ4v) is 3.67. The third kappa shape index (κ3) is 6.23. The van der Waals surface area contributed by atoms with E-state index in [1.165, 1.54) is 71.4 Å². The summed E-state index contributed by atoms with van der Waals surface area (Å²) in [7, 11) is 0. The third-order valence-electron chi connectivity index (χ3n) is 5.26. The fraction of sp³-hybridized carbons (Fsp3) is 1.00. The summed E-state index contributed by atoms with van der Waals surface area (Å²) in [4.78, 5) is 5.28. The van der Waals surface area contributed by atoms with Crippen molar-refractivity contribution >= 4 is 0 Å². The maximum atomic E-state index is 9.15. The molecule has 2 rings (SSSR count). The Morgan fingerprint density at radius 2 is 1.71 bits per heavy atom. The Balaban J connectivity index is 1.52. The van der Waals surface area contributed by atoms with Crippen LogP contribution in [0.3, 0.4) is 0 Å². The summed E-state index contributed by atoms with van der Waals surface area (Å²) >= 11 is 0. The molecule has 0 saturated carbocycles. The molecule has 0 radical (unpaired) electrons. The number of nitrogens with zero attached hydrogens (tertiary/aromatic N) is 2. The largest absolute Gasteiger partial charge is 0.394 e. The van der Waals surface area contributed by atoms with E-state index in [0.29, 0.717) is 0 Å². The van der Waals surface area contributed by atoms with E-state index in [0.717, 1.165) is 18.8 Å². The highest BCUT2D eigenvalue weighted by molar-refractivity contribution is 4.79. The molecule has 4 nitrogen and oxygen atoms in total. The van der Waals surface area contributed by atoms with Crippen molar-refractivity contribution in [3.05, 3.63) is 0 Å². The minimum atomic E-state index is -0.386. The highest BCUT2D eigenvalue weighted by Gasteiger charge is 2.22. The number of aliphatic hydroxyl groups is 1. The van der Waals surface area contributed by atoms with Crippen LogP contribution in [0.15, 0.2) is 0 Å². The number of rotatable bonds is 8. The number of aliphatic hydroxyl groups excluding tert-OH is 1. The van der Waals surface area contributed by atoms with Gasteiger partial charge in [0.15, 0.2) is 0 Å². The second-order valence-electron chi connectivity index (χ2n) is 7.56. The second-order valence-corrected chi connectivity index (χ2v) is 7.56. The summed E-state index contributed by atoms with van der Waals surface area (Å²) < 4.78 is 0. The average Bonchev–Trinajstić information content (AvgIpc) is 2.98. The lowest BCUT2D eigenvalue weighted by Crippen LogP contribution is -2.40. The molecule has 0 aromatic heterocycles. The van der Waals surface area contributed by atoms with Crippen molar-refractivity contribution in [2.24, 2.45) is 11.7 Å². The number of hydrogen-bond donors (Lipinski definition) is 2. The van der Waals surface area contributed by atoms with Gasteiger partial charge in [-0.2, -0.15) is 0 Å². The van der Waals surface area contributed by atoms with Crippen LogP contribution in [0.1, 0.15) is 51.9 Å². The van der Waals surface area contributed by atoms with E-state index in [4.69, 9.17) is 10.8 Å². The summed E-state index contributed by atoms with van der Waals surface area (Å²) in [6, 6.07) is 0. The molecule has 2 fully saturated rings. The summed E-state index contributed by atoms with van der Waals surface area (Å²) in [6.07, 6.45) is 8.84. The van der Waals surface area contributed by atoms with Crippen LogP contribution in [0.5, 0.6) is 0 Å². The van der Waals surface area contributed by atoms with Gasteiger partial charge in [-0.05, 0) is 84.1 Å². The lowest BCUT2D eigenvalue weighted by molar-refractivity contribution is 0.149. The molecular weight excluding hydrogens is 262 g/mol. The normalized spacial score (nSPS) is 25.3. The van der Waals surface area contributed by atoms with E-state index < -0.39 is 0 Å². The number of hydrogen-bond acceptors (Lipinski definition) is 4. The molecule has 0 spiro atoms. The molecule has 1 atom stereocenters. The quantitative estimate of drug-likeness (QED) is 0.669. The summed E-state index contributed by atoms with van der Waals surface area (Å²) in [5.74, 6) is 0.932. The van der Waals surface area contributed by atoms with Gasteiger partial charge < -0.3 is 20.6 Å². The molecule has 0 amide bonds. The van der Waals surface area contributed by atoms with Gasteiger partial charge in [-0.15, -0.1) is 0 Å². The first-order chi connectivity index (χ1) is 10.1. The van der Waals surface area contributed by atoms with Crippen molar-refractivity contribution in [2.45, 2.75) is 57.4 Å². The van der Waals surface area contributed by atoms with Crippen molar-refractivity contribution in [2.75, 3.05) is 45.9 Å². The predicted octanol–water partition coefficient (Wildman–Crippen LogP) is 1.67. The Bertz CT molecular complexity index is 282. The summed E-state index contributed by atoms with van der Waals surface area (Å²) in [5, 5.41) is 9.15. The Hall–Kier alpha value is -0.160. The molecule has 3 N–H and O–H groups in total. The van der Waals surface area contributed by atoms with Gasteiger partial charge in [0.2, 0.25) is 0 Å². The molecule has 2 aliphatic heterocycles. The van der Waals surface area contributed by atoms with Crippen molar-refractivity contribution < 1.29 is 5.11 Å². The number of piperidine rings is 1. The van der Waals surface area contributed by atoms with Crippen LogP contribution in [0, 0.1) is 5.92 Å². The molecule has 0 aromatic rings. The maximum Gasteiger partial charge on any atom is 0.0608 e. The predicted molar refractivity (Wildman–Crippen MR) is 88.4 cm³/mol. The molecule has 2 aliphatic rings. The number of likely N-dealkylation sites (tertiary alicyclic amines) is 2. The van der Waals surface area contributed by atoms with Gasteiger partial charge >= 0.3 is 0 Å². The summed E-state index contributed by atoms with van der Waals surface area (Å²) in [6.45, 7) is 9.81. The van der Waals surface area contributed by atoms with Gasteiger partial charge in [-0.25, -0.2) is 0 Å². The van der Waals surface area contributed by atoms with Crippen LogP contribution < -0.4 is 5.73 Å². The Morgan fingerprint density at radius 3 is 2.33 bits per heavy atom. The molecular formula is C17H35N3O. The van der Waals surface area contributed by atoms with Crippen LogP contribution in [-0.4, -0.2) is 66.3 Å². The lowest BCUT2D eigenvalue weighted by atomic mass is 9.95. The zero-order valence-corrected chi connectivity index (χ0v) is 13.9. The fourth-order valence-electron chi connectivity index (χ4n) is 3.67. The first-order valence-corrected chi connectivity index (χ1v) is 8.93. The molecule has 0 aliphatic carbocycles. The minimum absolute atomic E-state index is 0.0922. The van der Waals surface area contributed by atoms with E-state index >= 15 is 0 Å². The maximum absolute atomic E-state index is 9.15. The molecule has 1 unspecified atom stereocenters. The second kappa shape index (κ2) is 8.47. The van der Waals surface area contributed by atoms with Crippen molar-refractivity contribution in [1.82, 2.24) is 9.80 Å². The monoisotopic (exact) mass is 297 g/mol. The highest BCUT2D eigenvalue weighted by Crippen LogP contribution is 2.21. The zero-order valence-electron chi connectivity index (χ0n) is 13.9. The summed E-state index contributed by atoms with van der Waals surface area (Å²) in [5.41, 5.74) is 5.58. The molecule has 124 valence electrons. The van der Waals surface area contributed by atoms with Crippen LogP contribution in [-0.2, 0) is 0 Å². The van der Waals surface area contributed by atoms with Crippen molar-refractivity contribution in [3.8, 4) is 0 Å². The first-order valence-electron chi connectivity index (χ1n) is 8.93. The van der Waals surface area contributed by atoms with Gasteiger partial charge in [0, 0.05) is 12.1 Å². The lowest BCUT2D eigenvalue weighted by Gasteiger charge is -2.34. The van der Waals surface area contributed by atoms with Gasteiger partial charge in [0.1, 0.15) is 0 Å².